The molecule has 1 aromatic heterocycles. The summed E-state index contributed by atoms with van der Waals surface area (Å²) in [6.45, 7) is 0. The van der Waals surface area contributed by atoms with E-state index in [1.54, 1.807) is 0 Å². The molecule has 0 fully saturated rings. The molecule has 0 N–H and O–H groups in total. The Kier molecular flexibility index (Phi) is 1.83. The summed E-state index contributed by atoms with van der Waals surface area (Å²) in [6, 6.07) is 1.30. The second-order valence-corrected chi connectivity index (χ2v) is 1.83. The summed E-state index contributed by atoms with van der Waals surface area (Å²) in [7, 11) is 0. The SMILES string of the molecule is C#Cc1cncc([N+](=O)[O-])c1. The molecule has 4 nitrogen and oxygen atoms in total. The van der Waals surface area contributed by atoms with Crippen LogP contribution in [0.4, 0.5) is 5.69 Å². The Morgan fingerprint density at radius 3 is 2.91 bits per heavy atom. The lowest BCUT2D eigenvalue weighted by Crippen LogP contribution is -1.89. The van der Waals surface area contributed by atoms with Crippen LogP contribution in [0.5, 0.6) is 0 Å². The van der Waals surface area contributed by atoms with Gasteiger partial charge in [-0.05, 0) is 0 Å². The molecule has 0 aliphatic carbocycles. The number of aromatic nitrogens is 1. The van der Waals surface area contributed by atoms with Crippen molar-refractivity contribution in [1.82, 2.24) is 4.98 Å². The fourth-order valence-electron chi connectivity index (χ4n) is 0.607. The molecular weight excluding hydrogens is 144 g/mol. The second kappa shape index (κ2) is 2.80. The van der Waals surface area contributed by atoms with Crippen LogP contribution in [0.1, 0.15) is 5.56 Å². The van der Waals surface area contributed by atoms with Crippen LogP contribution in [0, 0.1) is 22.5 Å². The molecule has 4 heteroatoms. The molecule has 0 saturated heterocycles. The summed E-state index contributed by atoms with van der Waals surface area (Å²) >= 11 is 0. The summed E-state index contributed by atoms with van der Waals surface area (Å²) in [5, 5.41) is 10.2. The third-order valence-corrected chi connectivity index (χ3v) is 1.10. The van der Waals surface area contributed by atoms with E-state index in [0.29, 0.717) is 5.56 Å². The van der Waals surface area contributed by atoms with Crippen LogP contribution in [0.15, 0.2) is 18.5 Å². The van der Waals surface area contributed by atoms with E-state index in [0.717, 1.165) is 6.20 Å². The number of hydrogen-bond acceptors (Lipinski definition) is 3. The predicted octanol–water partition coefficient (Wildman–Crippen LogP) is 0.971. The lowest BCUT2D eigenvalue weighted by Gasteiger charge is -1.89. The minimum Gasteiger partial charge on any atom is -0.258 e. The lowest BCUT2D eigenvalue weighted by molar-refractivity contribution is -0.385. The maximum absolute atomic E-state index is 10.2. The summed E-state index contributed by atoms with van der Waals surface area (Å²) in [5.74, 6) is 2.26. The summed E-state index contributed by atoms with van der Waals surface area (Å²) in [6.07, 6.45) is 7.56. The molecule has 11 heavy (non-hydrogen) atoms. The molecule has 0 spiro atoms. The highest BCUT2D eigenvalue weighted by molar-refractivity contribution is 5.38. The van der Waals surface area contributed by atoms with Crippen molar-refractivity contribution in [3.8, 4) is 12.3 Å². The number of pyridine rings is 1. The highest BCUT2D eigenvalue weighted by Gasteiger charge is 2.04. The van der Waals surface area contributed by atoms with Crippen LogP contribution >= 0.6 is 0 Å². The monoisotopic (exact) mass is 148 g/mol. The average Bonchev–Trinajstić information content (AvgIpc) is 2.05. The van der Waals surface area contributed by atoms with Crippen molar-refractivity contribution in [1.29, 1.82) is 0 Å². The van der Waals surface area contributed by atoms with Gasteiger partial charge in [-0.15, -0.1) is 6.42 Å². The van der Waals surface area contributed by atoms with Crippen LogP contribution in [0.3, 0.4) is 0 Å². The van der Waals surface area contributed by atoms with Crippen LogP contribution in [-0.2, 0) is 0 Å². The van der Waals surface area contributed by atoms with Gasteiger partial charge in [0.25, 0.3) is 5.69 Å². The van der Waals surface area contributed by atoms with Crippen molar-refractivity contribution < 1.29 is 4.92 Å². The molecule has 0 aromatic carbocycles. The fraction of sp³-hybridized carbons (Fsp3) is 0. The number of terminal acetylenes is 1. The van der Waals surface area contributed by atoms with Crippen molar-refractivity contribution >= 4 is 5.69 Å². The van der Waals surface area contributed by atoms with Gasteiger partial charge in [-0.25, -0.2) is 0 Å². The molecule has 0 saturated carbocycles. The first kappa shape index (κ1) is 7.22. The highest BCUT2D eigenvalue weighted by Crippen LogP contribution is 2.09. The van der Waals surface area contributed by atoms with E-state index in [9.17, 15) is 10.1 Å². The Labute approximate surface area is 63.0 Å². The van der Waals surface area contributed by atoms with Gasteiger partial charge in [0.05, 0.1) is 4.92 Å². The number of rotatable bonds is 1. The molecular formula is C7H4N2O2. The molecule has 1 rings (SSSR count). The van der Waals surface area contributed by atoms with E-state index in [-0.39, 0.29) is 5.69 Å². The molecule has 54 valence electrons. The normalized spacial score (nSPS) is 8.64. The number of nitrogens with zero attached hydrogens (tertiary/aromatic N) is 2. The summed E-state index contributed by atoms with van der Waals surface area (Å²) in [5.41, 5.74) is 0.333. The van der Waals surface area contributed by atoms with Gasteiger partial charge in [-0.3, -0.25) is 15.1 Å². The Balaban J connectivity index is 3.13. The molecule has 0 unspecified atom stereocenters. The first-order valence-electron chi connectivity index (χ1n) is 2.80. The fourth-order valence-corrected chi connectivity index (χ4v) is 0.607. The van der Waals surface area contributed by atoms with Crippen molar-refractivity contribution in [3.05, 3.63) is 34.1 Å². The number of nitro groups is 1. The van der Waals surface area contributed by atoms with Crippen LogP contribution in [0.2, 0.25) is 0 Å². The van der Waals surface area contributed by atoms with Crippen molar-refractivity contribution in [3.63, 3.8) is 0 Å². The van der Waals surface area contributed by atoms with Gasteiger partial charge in [0.2, 0.25) is 0 Å². The minimum atomic E-state index is -0.534. The largest absolute Gasteiger partial charge is 0.288 e. The quantitative estimate of drug-likeness (QED) is 0.338. The molecule has 0 bridgehead atoms. The van der Waals surface area contributed by atoms with Gasteiger partial charge < -0.3 is 0 Å². The second-order valence-electron chi connectivity index (χ2n) is 1.83. The Morgan fingerprint density at radius 2 is 2.36 bits per heavy atom. The molecule has 0 amide bonds. The third kappa shape index (κ3) is 1.52. The first-order valence-corrected chi connectivity index (χ1v) is 2.80. The van der Waals surface area contributed by atoms with Crippen LogP contribution in [0.25, 0.3) is 0 Å². The molecule has 1 heterocycles. The molecule has 0 atom stereocenters. The Hall–Kier alpha value is -1.89. The third-order valence-electron chi connectivity index (χ3n) is 1.10. The predicted molar refractivity (Wildman–Crippen MR) is 38.8 cm³/mol. The van der Waals surface area contributed by atoms with E-state index in [1.807, 2.05) is 0 Å². The number of hydrogen-bond donors (Lipinski definition) is 0. The van der Waals surface area contributed by atoms with E-state index in [4.69, 9.17) is 6.42 Å². The maximum atomic E-state index is 10.2. The van der Waals surface area contributed by atoms with Crippen molar-refractivity contribution in [2.45, 2.75) is 0 Å². The standard InChI is InChI=1S/C7H4N2O2/c1-2-6-3-7(9(10)11)5-8-4-6/h1,3-5H. The van der Waals surface area contributed by atoms with Gasteiger partial charge in [0.15, 0.2) is 0 Å². The summed E-state index contributed by atoms with van der Waals surface area (Å²) < 4.78 is 0. The van der Waals surface area contributed by atoms with Gasteiger partial charge in [-0.2, -0.15) is 0 Å². The topological polar surface area (TPSA) is 56.0 Å². The Morgan fingerprint density at radius 1 is 1.64 bits per heavy atom. The average molecular weight is 148 g/mol. The molecule has 0 aliphatic rings. The van der Waals surface area contributed by atoms with Crippen molar-refractivity contribution in [2.24, 2.45) is 0 Å². The van der Waals surface area contributed by atoms with Crippen molar-refractivity contribution in [2.75, 3.05) is 0 Å². The minimum absolute atomic E-state index is 0.0829. The van der Waals surface area contributed by atoms with E-state index in [2.05, 4.69) is 10.9 Å². The van der Waals surface area contributed by atoms with Crippen LogP contribution in [-0.4, -0.2) is 9.91 Å². The summed E-state index contributed by atoms with van der Waals surface area (Å²) in [4.78, 5) is 13.2. The smallest absolute Gasteiger partial charge is 0.258 e. The molecule has 0 aliphatic heterocycles. The molecule has 1 aromatic rings. The van der Waals surface area contributed by atoms with Gasteiger partial charge in [0, 0.05) is 17.8 Å². The molecule has 0 radical (unpaired) electrons. The van der Waals surface area contributed by atoms with E-state index < -0.39 is 4.92 Å². The highest BCUT2D eigenvalue weighted by atomic mass is 16.6. The Bertz CT molecular complexity index is 327. The van der Waals surface area contributed by atoms with Gasteiger partial charge in [0.1, 0.15) is 6.20 Å². The van der Waals surface area contributed by atoms with Gasteiger partial charge in [-0.1, -0.05) is 5.92 Å². The zero-order valence-electron chi connectivity index (χ0n) is 5.52. The van der Waals surface area contributed by atoms with Gasteiger partial charge >= 0.3 is 0 Å². The lowest BCUT2D eigenvalue weighted by atomic mass is 10.3. The first-order chi connectivity index (χ1) is 5.24. The zero-order chi connectivity index (χ0) is 8.27. The van der Waals surface area contributed by atoms with E-state index >= 15 is 0 Å². The van der Waals surface area contributed by atoms with Crippen LogP contribution < -0.4 is 0 Å². The maximum Gasteiger partial charge on any atom is 0.288 e. The zero-order valence-corrected chi connectivity index (χ0v) is 5.52. The van der Waals surface area contributed by atoms with E-state index in [1.165, 1.54) is 12.3 Å².